The van der Waals surface area contributed by atoms with E-state index in [4.69, 9.17) is 0 Å². The van der Waals surface area contributed by atoms with Crippen LogP contribution in [0.25, 0.3) is 0 Å². The number of allylic oxidation sites excluding steroid dienone is 2. The monoisotopic (exact) mass is 444 g/mol. The zero-order chi connectivity index (χ0) is 24.0. The quantitative estimate of drug-likeness (QED) is 0.148. The highest BCUT2D eigenvalue weighted by Gasteiger charge is 2.30. The van der Waals surface area contributed by atoms with Crippen molar-refractivity contribution >= 4 is 24.4 Å². The molecule has 180 valence electrons. The molecule has 0 heterocycles. The summed E-state index contributed by atoms with van der Waals surface area (Å²) in [6.07, 6.45) is 17.9. The van der Waals surface area contributed by atoms with E-state index in [0.29, 0.717) is 5.71 Å². The van der Waals surface area contributed by atoms with Gasteiger partial charge in [0.05, 0.1) is 17.1 Å². The Balaban J connectivity index is 2.90. The normalized spacial score (nSPS) is 18.3. The van der Waals surface area contributed by atoms with Gasteiger partial charge in [-0.2, -0.15) is 4.99 Å². The first-order chi connectivity index (χ1) is 15.2. The first-order valence-corrected chi connectivity index (χ1v) is 12.2. The van der Waals surface area contributed by atoms with E-state index in [1.807, 2.05) is 4.90 Å². The SMILES string of the molecule is CCCCCCCCCCCN(/C=N/C(=O)NC)C1=CC(C)(C)C(C)C=C1N=C(C)C=O. The van der Waals surface area contributed by atoms with Crippen LogP contribution in [-0.2, 0) is 4.79 Å². The third kappa shape index (κ3) is 9.92. The minimum absolute atomic E-state index is 0.0684. The van der Waals surface area contributed by atoms with Crippen molar-refractivity contribution in [3.05, 3.63) is 23.5 Å². The fraction of sp³-hybridized carbons (Fsp3) is 0.692. The molecule has 2 amide bonds. The Hall–Kier alpha value is -2.24. The summed E-state index contributed by atoms with van der Waals surface area (Å²) in [4.78, 5) is 33.6. The van der Waals surface area contributed by atoms with Gasteiger partial charge >= 0.3 is 6.03 Å². The van der Waals surface area contributed by atoms with Gasteiger partial charge in [0, 0.05) is 13.6 Å². The summed E-state index contributed by atoms with van der Waals surface area (Å²) in [7, 11) is 1.57. The lowest BCUT2D eigenvalue weighted by atomic mass is 9.75. The molecular weight excluding hydrogens is 400 g/mol. The highest BCUT2D eigenvalue weighted by molar-refractivity contribution is 6.27. The number of nitrogens with zero attached hydrogens (tertiary/aromatic N) is 3. The summed E-state index contributed by atoms with van der Waals surface area (Å²) in [6, 6.07) is -0.385. The molecule has 0 aliphatic heterocycles. The van der Waals surface area contributed by atoms with Crippen LogP contribution in [0.5, 0.6) is 0 Å². The molecule has 0 aromatic carbocycles. The third-order valence-corrected chi connectivity index (χ3v) is 6.16. The van der Waals surface area contributed by atoms with Crippen LogP contribution >= 0.6 is 0 Å². The minimum Gasteiger partial charge on any atom is -0.339 e. The fourth-order valence-electron chi connectivity index (χ4n) is 3.66. The Morgan fingerprint density at radius 2 is 1.72 bits per heavy atom. The molecule has 1 aliphatic carbocycles. The number of aldehydes is 1. The summed E-state index contributed by atoms with van der Waals surface area (Å²) in [5.74, 6) is 0.273. The van der Waals surface area contributed by atoms with Gasteiger partial charge in [-0.3, -0.25) is 4.79 Å². The topological polar surface area (TPSA) is 74.1 Å². The third-order valence-electron chi connectivity index (χ3n) is 6.16. The molecule has 0 bridgehead atoms. The largest absolute Gasteiger partial charge is 0.342 e. The Morgan fingerprint density at radius 3 is 2.28 bits per heavy atom. The van der Waals surface area contributed by atoms with Crippen molar-refractivity contribution in [2.24, 2.45) is 21.3 Å². The van der Waals surface area contributed by atoms with Gasteiger partial charge in [0.15, 0.2) is 6.29 Å². The number of nitrogens with one attached hydrogen (secondary N) is 1. The highest BCUT2D eigenvalue weighted by atomic mass is 16.2. The molecule has 6 heteroatoms. The van der Waals surface area contributed by atoms with Crippen LogP contribution < -0.4 is 5.32 Å². The van der Waals surface area contributed by atoms with Gasteiger partial charge in [-0.15, -0.1) is 0 Å². The number of amides is 2. The first kappa shape index (κ1) is 27.8. The van der Waals surface area contributed by atoms with E-state index in [0.717, 1.165) is 37.1 Å². The molecule has 0 aromatic heterocycles. The van der Waals surface area contributed by atoms with Crippen LogP contribution in [0.4, 0.5) is 4.79 Å². The molecular formula is C26H44N4O2. The lowest BCUT2D eigenvalue weighted by Crippen LogP contribution is -2.31. The van der Waals surface area contributed by atoms with Crippen molar-refractivity contribution < 1.29 is 9.59 Å². The van der Waals surface area contributed by atoms with Crippen molar-refractivity contribution in [3.63, 3.8) is 0 Å². The summed E-state index contributed by atoms with van der Waals surface area (Å²) < 4.78 is 0. The second kappa shape index (κ2) is 14.8. The van der Waals surface area contributed by atoms with E-state index in [9.17, 15) is 9.59 Å². The van der Waals surface area contributed by atoms with E-state index >= 15 is 0 Å². The molecule has 0 aromatic rings. The predicted octanol–water partition coefficient (Wildman–Crippen LogP) is 6.29. The van der Waals surface area contributed by atoms with E-state index in [2.05, 4.69) is 55.1 Å². The average molecular weight is 445 g/mol. The maximum Gasteiger partial charge on any atom is 0.342 e. The van der Waals surface area contributed by atoms with Gasteiger partial charge in [-0.05, 0) is 24.7 Å². The maximum atomic E-state index is 11.8. The molecule has 0 saturated heterocycles. The number of aliphatic imine (C=N–C) groups is 2. The van der Waals surface area contributed by atoms with E-state index in [-0.39, 0.29) is 17.4 Å². The summed E-state index contributed by atoms with van der Waals surface area (Å²) in [6.45, 7) is 11.2. The Bertz CT molecular complexity index is 719. The van der Waals surface area contributed by atoms with Crippen LogP contribution in [0.15, 0.2) is 33.5 Å². The summed E-state index contributed by atoms with van der Waals surface area (Å²) in [5.41, 5.74) is 2.03. The second-order valence-corrected chi connectivity index (χ2v) is 9.38. The molecule has 1 atom stereocenters. The molecule has 1 rings (SSSR count). The summed E-state index contributed by atoms with van der Waals surface area (Å²) in [5, 5.41) is 2.53. The van der Waals surface area contributed by atoms with Crippen molar-refractivity contribution in [3.8, 4) is 0 Å². The van der Waals surface area contributed by atoms with Gasteiger partial charge < -0.3 is 10.2 Å². The second-order valence-electron chi connectivity index (χ2n) is 9.38. The van der Waals surface area contributed by atoms with Crippen molar-refractivity contribution in [1.29, 1.82) is 0 Å². The van der Waals surface area contributed by atoms with Gasteiger partial charge in [0.1, 0.15) is 6.34 Å². The molecule has 6 nitrogen and oxygen atoms in total. The minimum atomic E-state index is -0.385. The maximum absolute atomic E-state index is 11.8. The number of carbonyl (C=O) groups is 2. The molecule has 0 saturated carbocycles. The lowest BCUT2D eigenvalue weighted by Gasteiger charge is -2.35. The molecule has 32 heavy (non-hydrogen) atoms. The number of carbonyl (C=O) groups excluding carboxylic acids is 2. The Labute approximate surface area is 195 Å². The zero-order valence-corrected chi connectivity index (χ0v) is 21.1. The Kier molecular flexibility index (Phi) is 12.8. The molecule has 1 aliphatic rings. The van der Waals surface area contributed by atoms with Crippen LogP contribution in [0.2, 0.25) is 0 Å². The Morgan fingerprint density at radius 1 is 1.12 bits per heavy atom. The van der Waals surface area contributed by atoms with Crippen LogP contribution in [0.3, 0.4) is 0 Å². The zero-order valence-electron chi connectivity index (χ0n) is 21.1. The number of rotatable bonds is 14. The molecule has 0 spiro atoms. The summed E-state index contributed by atoms with van der Waals surface area (Å²) >= 11 is 0. The number of hydrogen-bond donors (Lipinski definition) is 1. The average Bonchev–Trinajstić information content (AvgIpc) is 2.76. The van der Waals surface area contributed by atoms with Crippen molar-refractivity contribution in [2.45, 2.75) is 92.4 Å². The van der Waals surface area contributed by atoms with E-state index in [1.54, 1.807) is 20.3 Å². The van der Waals surface area contributed by atoms with Crippen molar-refractivity contribution in [1.82, 2.24) is 10.2 Å². The van der Waals surface area contributed by atoms with E-state index in [1.165, 1.54) is 44.9 Å². The standard InChI is InChI=1S/C26H44N4O2/c1-7-8-9-10-11-12-13-14-15-16-30(20-28-25(32)27-6)24-18-26(4,5)21(2)17-23(24)29-22(3)19-31/h17-21H,7-16H2,1-6H3,(H,27,32)/b28-20+,29-22?. The number of hydrogen-bond acceptors (Lipinski definition) is 3. The van der Waals surface area contributed by atoms with Gasteiger partial charge in [-0.25, -0.2) is 9.79 Å². The molecule has 1 unspecified atom stereocenters. The van der Waals surface area contributed by atoms with Gasteiger partial charge in [0.2, 0.25) is 0 Å². The first-order valence-electron chi connectivity index (χ1n) is 12.2. The molecule has 1 N–H and O–H groups in total. The van der Waals surface area contributed by atoms with Gasteiger partial charge in [0.25, 0.3) is 0 Å². The lowest BCUT2D eigenvalue weighted by molar-refractivity contribution is -0.102. The van der Waals surface area contributed by atoms with Crippen molar-refractivity contribution in [2.75, 3.05) is 13.6 Å². The predicted molar refractivity (Wildman–Crippen MR) is 135 cm³/mol. The number of urea groups is 1. The molecule has 0 fully saturated rings. The van der Waals surface area contributed by atoms with E-state index < -0.39 is 0 Å². The van der Waals surface area contributed by atoms with Crippen LogP contribution in [0, 0.1) is 11.3 Å². The number of unbranched alkanes of at least 4 members (excludes halogenated alkanes) is 8. The smallest absolute Gasteiger partial charge is 0.339 e. The van der Waals surface area contributed by atoms with Crippen LogP contribution in [-0.4, -0.2) is 42.9 Å². The highest BCUT2D eigenvalue weighted by Crippen LogP contribution is 2.38. The van der Waals surface area contributed by atoms with Gasteiger partial charge in [-0.1, -0.05) is 91.2 Å². The van der Waals surface area contributed by atoms with Crippen LogP contribution in [0.1, 0.15) is 92.4 Å². The fourth-order valence-corrected chi connectivity index (χ4v) is 3.66. The molecule has 0 radical (unpaired) electrons.